The minimum Gasteiger partial charge on any atom is -0.261 e. The molecule has 0 atom stereocenters. The highest BCUT2D eigenvalue weighted by molar-refractivity contribution is 5.64. The lowest BCUT2D eigenvalue weighted by Gasteiger charge is -2.06. The first-order chi connectivity index (χ1) is 7.84. The van der Waals surface area contributed by atoms with Gasteiger partial charge in [0.2, 0.25) is 0 Å². The van der Waals surface area contributed by atoms with Crippen molar-refractivity contribution in [3.8, 4) is 11.3 Å². The zero-order valence-corrected chi connectivity index (χ0v) is 9.27. The van der Waals surface area contributed by atoms with Gasteiger partial charge in [-0.15, -0.1) is 0 Å². The van der Waals surface area contributed by atoms with Crippen LogP contribution in [0.15, 0.2) is 24.7 Å². The summed E-state index contributed by atoms with van der Waals surface area (Å²) in [4.78, 5) is 13.2. The molecule has 0 spiro atoms. The molecule has 2 aromatic heterocycles. The number of pyridine rings is 1. The third kappa shape index (κ3) is 1.48. The highest BCUT2D eigenvalue weighted by Crippen LogP contribution is 2.29. The zero-order valence-electron chi connectivity index (χ0n) is 9.27. The summed E-state index contributed by atoms with van der Waals surface area (Å²) in [5.41, 5.74) is 5.74. The fourth-order valence-electron chi connectivity index (χ4n) is 2.30. The lowest BCUT2D eigenvalue weighted by Crippen LogP contribution is -1.95. The van der Waals surface area contributed by atoms with Crippen LogP contribution in [0.25, 0.3) is 11.3 Å². The van der Waals surface area contributed by atoms with Gasteiger partial charge < -0.3 is 0 Å². The number of hydrogen-bond acceptors (Lipinski definition) is 3. The molecular formula is C13H13N3. The molecule has 1 aliphatic rings. The molecule has 16 heavy (non-hydrogen) atoms. The molecule has 3 heteroatoms. The second-order valence-corrected chi connectivity index (χ2v) is 4.18. The van der Waals surface area contributed by atoms with Crippen LogP contribution >= 0.6 is 0 Å². The van der Waals surface area contributed by atoms with Crippen molar-refractivity contribution in [3.63, 3.8) is 0 Å². The Hall–Kier alpha value is -1.77. The largest absolute Gasteiger partial charge is 0.261 e. The highest BCUT2D eigenvalue weighted by atomic mass is 14.8. The van der Waals surface area contributed by atoms with Gasteiger partial charge in [-0.05, 0) is 37.8 Å². The van der Waals surface area contributed by atoms with E-state index < -0.39 is 0 Å². The Morgan fingerprint density at radius 1 is 1.19 bits per heavy atom. The molecule has 3 rings (SSSR count). The first-order valence-corrected chi connectivity index (χ1v) is 5.60. The summed E-state index contributed by atoms with van der Waals surface area (Å²) < 4.78 is 0. The number of nitrogens with zero attached hydrogens (tertiary/aromatic N) is 3. The average molecular weight is 211 g/mol. The van der Waals surface area contributed by atoms with Gasteiger partial charge >= 0.3 is 0 Å². The Labute approximate surface area is 94.6 Å². The van der Waals surface area contributed by atoms with Crippen LogP contribution in [0, 0.1) is 6.92 Å². The Kier molecular flexibility index (Phi) is 2.17. The van der Waals surface area contributed by atoms with Crippen molar-refractivity contribution in [2.24, 2.45) is 0 Å². The second kappa shape index (κ2) is 3.67. The molecule has 0 radical (unpaired) electrons. The Morgan fingerprint density at radius 3 is 3.00 bits per heavy atom. The first kappa shape index (κ1) is 9.46. The Morgan fingerprint density at radius 2 is 2.12 bits per heavy atom. The van der Waals surface area contributed by atoms with Crippen molar-refractivity contribution in [2.75, 3.05) is 0 Å². The van der Waals surface area contributed by atoms with E-state index in [0.29, 0.717) is 0 Å². The van der Waals surface area contributed by atoms with Gasteiger partial charge in [0.25, 0.3) is 0 Å². The summed E-state index contributed by atoms with van der Waals surface area (Å²) in [5.74, 6) is 0. The number of aromatic nitrogens is 3. The predicted molar refractivity (Wildman–Crippen MR) is 62.0 cm³/mol. The van der Waals surface area contributed by atoms with Crippen LogP contribution < -0.4 is 0 Å². The molecule has 2 aromatic rings. The number of aryl methyl sites for hydroxylation is 2. The molecule has 80 valence electrons. The number of rotatable bonds is 1. The molecule has 1 aliphatic carbocycles. The molecule has 0 fully saturated rings. The molecule has 3 nitrogen and oxygen atoms in total. The van der Waals surface area contributed by atoms with Gasteiger partial charge in [-0.3, -0.25) is 9.97 Å². The highest BCUT2D eigenvalue weighted by Gasteiger charge is 2.17. The quantitative estimate of drug-likeness (QED) is 0.726. The molecule has 2 heterocycles. The molecule has 0 amide bonds. The second-order valence-electron chi connectivity index (χ2n) is 4.18. The first-order valence-electron chi connectivity index (χ1n) is 5.60. The van der Waals surface area contributed by atoms with Crippen molar-refractivity contribution in [1.82, 2.24) is 15.0 Å². The van der Waals surface area contributed by atoms with E-state index in [-0.39, 0.29) is 0 Å². The van der Waals surface area contributed by atoms with Gasteiger partial charge in [0.05, 0.1) is 17.6 Å². The summed E-state index contributed by atoms with van der Waals surface area (Å²) in [5, 5.41) is 0. The van der Waals surface area contributed by atoms with E-state index in [4.69, 9.17) is 0 Å². The van der Waals surface area contributed by atoms with E-state index in [1.54, 1.807) is 6.20 Å². The van der Waals surface area contributed by atoms with Crippen LogP contribution in [0.4, 0.5) is 0 Å². The van der Waals surface area contributed by atoms with E-state index >= 15 is 0 Å². The molecule has 0 aromatic carbocycles. The van der Waals surface area contributed by atoms with E-state index in [1.807, 2.05) is 25.4 Å². The standard InChI is InChI=1S/C13H13N3/c1-9-7-14-8-13(16-9)11-5-6-15-12-4-2-3-10(11)12/h5-8H,2-4H2,1H3. The van der Waals surface area contributed by atoms with Crippen LogP contribution in [-0.2, 0) is 12.8 Å². The van der Waals surface area contributed by atoms with Crippen molar-refractivity contribution in [1.29, 1.82) is 0 Å². The lowest BCUT2D eigenvalue weighted by atomic mass is 10.1. The van der Waals surface area contributed by atoms with Crippen molar-refractivity contribution < 1.29 is 0 Å². The van der Waals surface area contributed by atoms with Crippen molar-refractivity contribution in [3.05, 3.63) is 41.6 Å². The minimum atomic E-state index is 0.959. The molecule has 0 unspecified atom stereocenters. The summed E-state index contributed by atoms with van der Waals surface area (Å²) in [6, 6.07) is 2.05. The SMILES string of the molecule is Cc1cncc(-c2ccnc3c2CCC3)n1. The monoisotopic (exact) mass is 211 g/mol. The van der Waals surface area contributed by atoms with Crippen molar-refractivity contribution >= 4 is 0 Å². The Bertz CT molecular complexity index is 534. The third-order valence-electron chi connectivity index (χ3n) is 3.02. The number of fused-ring (bicyclic) bond motifs is 1. The summed E-state index contributed by atoms with van der Waals surface area (Å²) in [6.45, 7) is 1.97. The summed E-state index contributed by atoms with van der Waals surface area (Å²) in [7, 11) is 0. The normalized spacial score (nSPS) is 13.8. The predicted octanol–water partition coefficient (Wildman–Crippen LogP) is 2.34. The third-order valence-corrected chi connectivity index (χ3v) is 3.02. The maximum atomic E-state index is 4.53. The molecule has 0 saturated carbocycles. The van der Waals surface area contributed by atoms with Crippen LogP contribution in [0.1, 0.15) is 23.4 Å². The summed E-state index contributed by atoms with van der Waals surface area (Å²) in [6.07, 6.45) is 8.92. The molecule has 0 aliphatic heterocycles. The Balaban J connectivity index is 2.17. The molecule has 0 saturated heterocycles. The van der Waals surface area contributed by atoms with E-state index in [0.717, 1.165) is 24.2 Å². The number of hydrogen-bond donors (Lipinski definition) is 0. The average Bonchev–Trinajstić information content (AvgIpc) is 2.76. The summed E-state index contributed by atoms with van der Waals surface area (Å²) >= 11 is 0. The van der Waals surface area contributed by atoms with E-state index in [1.165, 1.54) is 23.2 Å². The van der Waals surface area contributed by atoms with Crippen LogP contribution in [0.5, 0.6) is 0 Å². The fraction of sp³-hybridized carbons (Fsp3) is 0.308. The van der Waals surface area contributed by atoms with Gasteiger partial charge in [-0.2, -0.15) is 0 Å². The smallest absolute Gasteiger partial charge is 0.0892 e. The van der Waals surface area contributed by atoms with Gasteiger partial charge in [0.15, 0.2) is 0 Å². The molecule has 0 bridgehead atoms. The maximum Gasteiger partial charge on any atom is 0.0892 e. The maximum absolute atomic E-state index is 4.53. The van der Waals surface area contributed by atoms with E-state index in [2.05, 4.69) is 15.0 Å². The zero-order chi connectivity index (χ0) is 11.0. The van der Waals surface area contributed by atoms with Gasteiger partial charge in [0.1, 0.15) is 0 Å². The minimum absolute atomic E-state index is 0.959. The van der Waals surface area contributed by atoms with Gasteiger partial charge in [-0.25, -0.2) is 4.98 Å². The van der Waals surface area contributed by atoms with Gasteiger partial charge in [-0.1, -0.05) is 0 Å². The van der Waals surface area contributed by atoms with Crippen LogP contribution in [0.3, 0.4) is 0 Å². The molecule has 0 N–H and O–H groups in total. The topological polar surface area (TPSA) is 38.7 Å². The fourth-order valence-corrected chi connectivity index (χ4v) is 2.30. The van der Waals surface area contributed by atoms with Crippen LogP contribution in [0.2, 0.25) is 0 Å². The lowest BCUT2D eigenvalue weighted by molar-refractivity contribution is 0.899. The molecular weight excluding hydrogens is 198 g/mol. The van der Waals surface area contributed by atoms with E-state index in [9.17, 15) is 0 Å². The van der Waals surface area contributed by atoms with Gasteiger partial charge in [0, 0.05) is 23.7 Å². The van der Waals surface area contributed by atoms with Crippen LogP contribution in [-0.4, -0.2) is 15.0 Å². The van der Waals surface area contributed by atoms with Crippen molar-refractivity contribution in [2.45, 2.75) is 26.2 Å².